The van der Waals surface area contributed by atoms with E-state index < -0.39 is 0 Å². The molecule has 2 saturated carbocycles. The third-order valence-electron chi connectivity index (χ3n) is 1.60. The molecule has 0 spiro atoms. The largest absolute Gasteiger partial charge is 0.234 e. The number of hydrogen-bond acceptors (Lipinski definition) is 1. The first kappa shape index (κ1) is 2.59. The molecular weight excluding hydrogens is 76.1 g/mol. The van der Waals surface area contributed by atoms with Gasteiger partial charge in [0, 0.05) is 5.57 Å². The molecular formula is C5H4O. The van der Waals surface area contributed by atoms with Crippen LogP contribution >= 0.6 is 0 Å². The molecule has 1 heteroatoms. The quantitative estimate of drug-likeness (QED) is 0.385. The lowest BCUT2D eigenvalue weighted by molar-refractivity contribution is 0.567. The summed E-state index contributed by atoms with van der Waals surface area (Å²) in [7, 11) is 0. The molecule has 0 saturated heterocycles. The lowest BCUT2D eigenvalue weighted by atomic mass is 10.3. The topological polar surface area (TPSA) is 17.1 Å². The summed E-state index contributed by atoms with van der Waals surface area (Å²) in [6.45, 7) is 0. The minimum Gasteiger partial charge on any atom is -0.234 e. The summed E-state index contributed by atoms with van der Waals surface area (Å²) in [5.74, 6) is 3.35. The predicted octanol–water partition coefficient (Wildman–Crippen LogP) is 0.394. The highest BCUT2D eigenvalue weighted by Crippen LogP contribution is 2.66. The average Bonchev–Trinajstić information content (AvgIpc) is 2.12. The van der Waals surface area contributed by atoms with E-state index in [0.717, 1.165) is 17.4 Å². The Balaban J connectivity index is 2.44. The lowest BCUT2D eigenvalue weighted by Crippen LogP contribution is -1.64. The van der Waals surface area contributed by atoms with Crippen molar-refractivity contribution >= 4 is 5.94 Å². The third-order valence-corrected chi connectivity index (χ3v) is 1.60. The van der Waals surface area contributed by atoms with E-state index in [2.05, 4.69) is 0 Å². The Labute approximate surface area is 35.7 Å². The fourth-order valence-corrected chi connectivity index (χ4v) is 0.819. The van der Waals surface area contributed by atoms with Crippen molar-refractivity contribution in [3.8, 4) is 0 Å². The normalized spacial score (nSPS) is 47.0. The predicted molar refractivity (Wildman–Crippen MR) is 20.8 cm³/mol. The van der Waals surface area contributed by atoms with Gasteiger partial charge in [-0.1, -0.05) is 0 Å². The Hall–Kier alpha value is -0.550. The van der Waals surface area contributed by atoms with Crippen molar-refractivity contribution in [1.29, 1.82) is 0 Å². The standard InChI is InChI=1S/C5H4O/c6-2-5-3-1-4(3)5/h3-4H,1H2/t3-,4?/m1/s1. The number of allylic oxidation sites excluding steroid dienone is 1. The van der Waals surface area contributed by atoms with Crippen molar-refractivity contribution < 1.29 is 4.79 Å². The van der Waals surface area contributed by atoms with Gasteiger partial charge in [-0.2, -0.15) is 0 Å². The SMILES string of the molecule is O=C=C1C2C[C@@H]12. The monoisotopic (exact) mass is 80.0 g/mol. The maximum absolute atomic E-state index is 9.65. The van der Waals surface area contributed by atoms with E-state index in [0.29, 0.717) is 0 Å². The van der Waals surface area contributed by atoms with Crippen molar-refractivity contribution in [3.63, 3.8) is 0 Å². The van der Waals surface area contributed by atoms with Crippen LogP contribution in [0.4, 0.5) is 0 Å². The van der Waals surface area contributed by atoms with Crippen LogP contribution in [0.3, 0.4) is 0 Å². The molecule has 2 fully saturated rings. The van der Waals surface area contributed by atoms with Gasteiger partial charge in [0.15, 0.2) is 0 Å². The summed E-state index contributed by atoms with van der Waals surface area (Å²) in [5, 5.41) is 0. The zero-order chi connectivity index (χ0) is 4.15. The van der Waals surface area contributed by atoms with Crippen LogP contribution in [0.5, 0.6) is 0 Å². The van der Waals surface area contributed by atoms with Crippen LogP contribution in [0.25, 0.3) is 0 Å². The van der Waals surface area contributed by atoms with Gasteiger partial charge in [0.25, 0.3) is 0 Å². The summed E-state index contributed by atoms with van der Waals surface area (Å²) >= 11 is 0. The zero-order valence-corrected chi connectivity index (χ0v) is 3.27. The summed E-state index contributed by atoms with van der Waals surface area (Å²) in [6, 6.07) is 0. The molecule has 1 nitrogen and oxygen atoms in total. The van der Waals surface area contributed by atoms with E-state index in [4.69, 9.17) is 0 Å². The van der Waals surface area contributed by atoms with Crippen LogP contribution < -0.4 is 0 Å². The Bertz CT molecular complexity index is 132. The van der Waals surface area contributed by atoms with Crippen molar-refractivity contribution in [2.75, 3.05) is 0 Å². The summed E-state index contributed by atoms with van der Waals surface area (Å²) in [6.07, 6.45) is 1.28. The van der Waals surface area contributed by atoms with Crippen LogP contribution in [-0.2, 0) is 4.79 Å². The third kappa shape index (κ3) is 0.114. The highest BCUT2D eigenvalue weighted by atomic mass is 16.1. The van der Waals surface area contributed by atoms with Crippen molar-refractivity contribution in [2.24, 2.45) is 11.8 Å². The minimum atomic E-state index is 0.725. The van der Waals surface area contributed by atoms with Gasteiger partial charge in [-0.3, -0.25) is 0 Å². The molecule has 0 aromatic carbocycles. The molecule has 2 aliphatic carbocycles. The lowest BCUT2D eigenvalue weighted by Gasteiger charge is -1.68. The highest BCUT2D eigenvalue weighted by molar-refractivity contribution is 5.67. The summed E-state index contributed by atoms with van der Waals surface area (Å²) in [5.41, 5.74) is 1.05. The second-order valence-corrected chi connectivity index (χ2v) is 2.01. The Morgan fingerprint density at radius 3 is 2.33 bits per heavy atom. The second kappa shape index (κ2) is 0.485. The summed E-state index contributed by atoms with van der Waals surface area (Å²) < 4.78 is 0. The van der Waals surface area contributed by atoms with E-state index in [9.17, 15) is 4.79 Å². The van der Waals surface area contributed by atoms with Gasteiger partial charge in [-0.25, -0.2) is 4.79 Å². The van der Waals surface area contributed by atoms with E-state index in [1.54, 1.807) is 0 Å². The van der Waals surface area contributed by atoms with E-state index in [1.807, 2.05) is 5.94 Å². The molecule has 0 heterocycles. The first-order chi connectivity index (χ1) is 2.93. The van der Waals surface area contributed by atoms with Crippen LogP contribution in [-0.4, -0.2) is 5.94 Å². The summed E-state index contributed by atoms with van der Waals surface area (Å²) in [4.78, 5) is 9.65. The molecule has 2 atom stereocenters. The van der Waals surface area contributed by atoms with Crippen LogP contribution in [0.1, 0.15) is 6.42 Å². The Morgan fingerprint density at radius 1 is 1.67 bits per heavy atom. The highest BCUT2D eigenvalue weighted by Gasteiger charge is 2.60. The second-order valence-electron chi connectivity index (χ2n) is 2.01. The van der Waals surface area contributed by atoms with Gasteiger partial charge in [0.2, 0.25) is 0 Å². The Kier molecular flexibility index (Phi) is 0.210. The molecule has 6 heavy (non-hydrogen) atoms. The van der Waals surface area contributed by atoms with Gasteiger partial charge in [0.1, 0.15) is 5.94 Å². The van der Waals surface area contributed by atoms with Crippen molar-refractivity contribution in [2.45, 2.75) is 6.42 Å². The van der Waals surface area contributed by atoms with Gasteiger partial charge < -0.3 is 0 Å². The van der Waals surface area contributed by atoms with Crippen molar-refractivity contribution in [3.05, 3.63) is 5.57 Å². The van der Waals surface area contributed by atoms with Crippen LogP contribution in [0, 0.1) is 11.8 Å². The molecule has 0 N–H and O–H groups in total. The molecule has 0 radical (unpaired) electrons. The number of fused-ring (bicyclic) bond motifs is 1. The molecule has 1 unspecified atom stereocenters. The molecule has 2 aliphatic rings. The van der Waals surface area contributed by atoms with Crippen LogP contribution in [0.2, 0.25) is 0 Å². The fraction of sp³-hybridized carbons (Fsp3) is 0.600. The zero-order valence-electron chi connectivity index (χ0n) is 3.27. The first-order valence-electron chi connectivity index (χ1n) is 2.18. The molecule has 0 aromatic heterocycles. The van der Waals surface area contributed by atoms with Gasteiger partial charge in [-0.15, -0.1) is 0 Å². The molecule has 0 aromatic rings. The maximum atomic E-state index is 9.65. The van der Waals surface area contributed by atoms with E-state index in [1.165, 1.54) is 6.42 Å². The molecule has 2 rings (SSSR count). The van der Waals surface area contributed by atoms with E-state index in [-0.39, 0.29) is 0 Å². The van der Waals surface area contributed by atoms with Crippen LogP contribution in [0.15, 0.2) is 5.57 Å². The molecule has 0 amide bonds. The van der Waals surface area contributed by atoms with E-state index >= 15 is 0 Å². The fourth-order valence-electron chi connectivity index (χ4n) is 0.819. The number of hydrogen-bond donors (Lipinski definition) is 0. The molecule has 30 valence electrons. The van der Waals surface area contributed by atoms with Crippen molar-refractivity contribution in [1.82, 2.24) is 0 Å². The Morgan fingerprint density at radius 2 is 2.33 bits per heavy atom. The van der Waals surface area contributed by atoms with Gasteiger partial charge >= 0.3 is 0 Å². The first-order valence-corrected chi connectivity index (χ1v) is 2.18. The molecule has 0 bridgehead atoms. The van der Waals surface area contributed by atoms with Gasteiger partial charge in [0.05, 0.1) is 0 Å². The minimum absolute atomic E-state index is 0.725. The average molecular weight is 80.1 g/mol. The molecule has 0 aliphatic heterocycles. The smallest absolute Gasteiger partial charge is 0.124 e. The van der Waals surface area contributed by atoms with Gasteiger partial charge in [-0.05, 0) is 18.3 Å². The number of carbonyl (C=O) groups excluding carboxylic acids is 1. The number of rotatable bonds is 0. The maximum Gasteiger partial charge on any atom is 0.124 e.